The van der Waals surface area contributed by atoms with Crippen molar-refractivity contribution < 1.29 is 23.4 Å². The quantitative estimate of drug-likeness (QED) is 0.788. The third-order valence-electron chi connectivity index (χ3n) is 4.77. The molecule has 120 valence electrons. The highest BCUT2D eigenvalue weighted by Gasteiger charge is 2.43. The number of hydrogen-bond donors (Lipinski definition) is 2. The van der Waals surface area contributed by atoms with Gasteiger partial charge in [0.1, 0.15) is 6.10 Å². The van der Waals surface area contributed by atoms with Gasteiger partial charge in [0.05, 0.1) is 25.3 Å². The van der Waals surface area contributed by atoms with E-state index in [1.807, 2.05) is 0 Å². The number of aliphatic hydroxyl groups excluding tert-OH is 1. The van der Waals surface area contributed by atoms with Crippen LogP contribution in [0.1, 0.15) is 25.7 Å². The molecule has 0 spiro atoms. The Labute approximate surface area is 122 Å². The zero-order valence-electron chi connectivity index (χ0n) is 11.9. The van der Waals surface area contributed by atoms with E-state index in [9.17, 15) is 18.7 Å². The number of aliphatic hydroxyl groups is 1. The average molecular weight is 304 g/mol. The number of amides is 1. The van der Waals surface area contributed by atoms with E-state index in [1.54, 1.807) is 4.90 Å². The molecule has 3 aliphatic rings. The molecule has 1 saturated carbocycles. The van der Waals surface area contributed by atoms with E-state index in [0.29, 0.717) is 6.54 Å². The van der Waals surface area contributed by atoms with E-state index < -0.39 is 24.2 Å². The third kappa shape index (κ3) is 3.35. The lowest BCUT2D eigenvalue weighted by molar-refractivity contribution is -0.128. The van der Waals surface area contributed by atoms with Crippen molar-refractivity contribution in [1.29, 1.82) is 0 Å². The number of alkyl halides is 2. The van der Waals surface area contributed by atoms with E-state index >= 15 is 0 Å². The Kier molecular flexibility index (Phi) is 4.16. The van der Waals surface area contributed by atoms with E-state index in [0.717, 1.165) is 19.3 Å². The van der Waals surface area contributed by atoms with Gasteiger partial charge in [-0.1, -0.05) is 6.42 Å². The van der Waals surface area contributed by atoms with Crippen LogP contribution in [-0.2, 0) is 9.53 Å². The van der Waals surface area contributed by atoms with Crippen molar-refractivity contribution in [2.45, 2.75) is 49.9 Å². The van der Waals surface area contributed by atoms with Crippen molar-refractivity contribution in [3.8, 4) is 0 Å². The molecule has 5 nitrogen and oxygen atoms in total. The number of hydrogen-bond acceptors (Lipinski definition) is 4. The number of nitrogens with zero attached hydrogens (tertiary/aromatic N) is 1. The average Bonchev–Trinajstić information content (AvgIpc) is 2.84. The maximum absolute atomic E-state index is 13.1. The van der Waals surface area contributed by atoms with Crippen molar-refractivity contribution in [2.75, 3.05) is 26.2 Å². The monoisotopic (exact) mass is 304 g/mol. The molecule has 0 aromatic carbocycles. The molecule has 0 aromatic heterocycles. The lowest BCUT2D eigenvalue weighted by Crippen LogP contribution is -2.49. The van der Waals surface area contributed by atoms with Crippen molar-refractivity contribution in [3.63, 3.8) is 0 Å². The van der Waals surface area contributed by atoms with Crippen molar-refractivity contribution in [2.24, 2.45) is 5.92 Å². The summed E-state index contributed by atoms with van der Waals surface area (Å²) in [5, 5.41) is 13.0. The number of carbonyl (C=O) groups excluding carboxylic acids is 1. The van der Waals surface area contributed by atoms with Crippen LogP contribution in [0.3, 0.4) is 0 Å². The van der Waals surface area contributed by atoms with Crippen LogP contribution in [0, 0.1) is 5.92 Å². The van der Waals surface area contributed by atoms with E-state index in [1.165, 1.54) is 0 Å². The second-order valence-electron chi connectivity index (χ2n) is 6.45. The maximum atomic E-state index is 13.1. The fraction of sp³-hybridized carbons (Fsp3) is 0.929. The van der Waals surface area contributed by atoms with Crippen LogP contribution in [0.25, 0.3) is 0 Å². The number of nitrogens with one attached hydrogen (secondary N) is 1. The first kappa shape index (κ1) is 15.1. The number of halogens is 2. The number of rotatable bonds is 4. The first-order chi connectivity index (χ1) is 9.94. The Balaban J connectivity index is 1.47. The SMILES string of the molecule is O=C(N[C@H]1CO[C@@H](CN2CCC(F)(F)C2)[C@@H]1O)C1CCC1. The Hall–Kier alpha value is -0.790. The van der Waals surface area contributed by atoms with Gasteiger partial charge in [-0.3, -0.25) is 9.69 Å². The minimum atomic E-state index is -2.64. The summed E-state index contributed by atoms with van der Waals surface area (Å²) < 4.78 is 31.8. The van der Waals surface area contributed by atoms with Crippen LogP contribution < -0.4 is 5.32 Å². The minimum absolute atomic E-state index is 0.0257. The van der Waals surface area contributed by atoms with Gasteiger partial charge in [-0.15, -0.1) is 0 Å². The van der Waals surface area contributed by atoms with E-state index in [2.05, 4.69) is 5.32 Å². The minimum Gasteiger partial charge on any atom is -0.388 e. The fourth-order valence-corrected chi connectivity index (χ4v) is 3.16. The molecule has 0 bridgehead atoms. The normalized spacial score (nSPS) is 36.6. The van der Waals surface area contributed by atoms with Gasteiger partial charge in [0.2, 0.25) is 5.91 Å². The number of carbonyl (C=O) groups is 1. The highest BCUT2D eigenvalue weighted by atomic mass is 19.3. The second-order valence-corrected chi connectivity index (χ2v) is 6.45. The lowest BCUT2D eigenvalue weighted by Gasteiger charge is -2.27. The van der Waals surface area contributed by atoms with Gasteiger partial charge in [0, 0.05) is 25.4 Å². The molecule has 2 N–H and O–H groups in total. The summed E-state index contributed by atoms with van der Waals surface area (Å²) in [5.41, 5.74) is 0. The standard InChI is InChI=1S/C14H22F2N2O3/c15-14(16)4-5-18(8-14)6-11-12(19)10(7-21-11)17-13(20)9-2-1-3-9/h9-12,19H,1-8H2,(H,17,20)/t10-,11-,12+/m0/s1. The summed E-state index contributed by atoms with van der Waals surface area (Å²) in [5.74, 6) is -2.60. The molecule has 2 aliphatic heterocycles. The van der Waals surface area contributed by atoms with Gasteiger partial charge in [0.25, 0.3) is 5.92 Å². The van der Waals surface area contributed by atoms with Crippen LogP contribution in [0.15, 0.2) is 0 Å². The summed E-state index contributed by atoms with van der Waals surface area (Å²) >= 11 is 0. The van der Waals surface area contributed by atoms with Crippen molar-refractivity contribution >= 4 is 5.91 Å². The van der Waals surface area contributed by atoms with Crippen LogP contribution in [0.2, 0.25) is 0 Å². The van der Waals surface area contributed by atoms with Crippen LogP contribution >= 0.6 is 0 Å². The molecule has 0 aromatic rings. The van der Waals surface area contributed by atoms with Crippen molar-refractivity contribution in [3.05, 3.63) is 0 Å². The van der Waals surface area contributed by atoms with Gasteiger partial charge in [-0.25, -0.2) is 8.78 Å². The summed E-state index contributed by atoms with van der Waals surface area (Å²) in [6.45, 7) is 0.568. The first-order valence-electron chi connectivity index (χ1n) is 7.65. The van der Waals surface area contributed by atoms with Gasteiger partial charge < -0.3 is 15.2 Å². The fourth-order valence-electron chi connectivity index (χ4n) is 3.16. The summed E-state index contributed by atoms with van der Waals surface area (Å²) in [6, 6.07) is -0.425. The molecule has 0 unspecified atom stereocenters. The largest absolute Gasteiger partial charge is 0.388 e. The Bertz CT molecular complexity index is 404. The summed E-state index contributed by atoms with van der Waals surface area (Å²) in [6.07, 6.45) is 1.41. The van der Waals surface area contributed by atoms with Gasteiger partial charge >= 0.3 is 0 Å². The molecular weight excluding hydrogens is 282 g/mol. The van der Waals surface area contributed by atoms with E-state index in [-0.39, 0.29) is 37.9 Å². The number of likely N-dealkylation sites (tertiary alicyclic amines) is 1. The first-order valence-corrected chi connectivity index (χ1v) is 7.65. The Morgan fingerprint density at radius 1 is 1.43 bits per heavy atom. The van der Waals surface area contributed by atoms with E-state index in [4.69, 9.17) is 4.74 Å². The smallest absolute Gasteiger partial charge is 0.261 e. The van der Waals surface area contributed by atoms with Gasteiger partial charge in [-0.2, -0.15) is 0 Å². The molecule has 1 amide bonds. The zero-order chi connectivity index (χ0) is 15.0. The topological polar surface area (TPSA) is 61.8 Å². The Morgan fingerprint density at radius 2 is 2.19 bits per heavy atom. The molecule has 3 atom stereocenters. The molecule has 2 heterocycles. The van der Waals surface area contributed by atoms with Crippen LogP contribution in [0.4, 0.5) is 8.78 Å². The molecule has 2 saturated heterocycles. The van der Waals surface area contributed by atoms with Crippen LogP contribution in [-0.4, -0.2) is 66.3 Å². The zero-order valence-corrected chi connectivity index (χ0v) is 11.9. The maximum Gasteiger partial charge on any atom is 0.261 e. The molecular formula is C14H22F2N2O3. The van der Waals surface area contributed by atoms with Gasteiger partial charge in [0.15, 0.2) is 0 Å². The lowest BCUT2D eigenvalue weighted by atomic mass is 9.84. The predicted octanol–water partition coefficient (Wildman–Crippen LogP) is 0.372. The molecule has 0 radical (unpaired) electrons. The number of ether oxygens (including phenoxy) is 1. The molecule has 21 heavy (non-hydrogen) atoms. The van der Waals surface area contributed by atoms with Crippen LogP contribution in [0.5, 0.6) is 0 Å². The predicted molar refractivity (Wildman–Crippen MR) is 71.0 cm³/mol. The van der Waals surface area contributed by atoms with Crippen molar-refractivity contribution in [1.82, 2.24) is 10.2 Å². The molecule has 1 aliphatic carbocycles. The third-order valence-corrected chi connectivity index (χ3v) is 4.77. The summed E-state index contributed by atoms with van der Waals surface area (Å²) in [7, 11) is 0. The summed E-state index contributed by atoms with van der Waals surface area (Å²) in [4.78, 5) is 13.5. The molecule has 7 heteroatoms. The Morgan fingerprint density at radius 3 is 2.76 bits per heavy atom. The molecule has 3 rings (SSSR count). The second kappa shape index (κ2) is 5.78. The van der Waals surface area contributed by atoms with Gasteiger partial charge in [-0.05, 0) is 12.8 Å². The highest BCUT2D eigenvalue weighted by Crippen LogP contribution is 2.29. The highest BCUT2D eigenvalue weighted by molar-refractivity contribution is 5.79. The molecule has 3 fully saturated rings.